The lowest BCUT2D eigenvalue weighted by Crippen LogP contribution is -2.28. The van der Waals surface area contributed by atoms with Gasteiger partial charge in [-0.2, -0.15) is 0 Å². The van der Waals surface area contributed by atoms with Gasteiger partial charge in [0.25, 0.3) is 0 Å². The van der Waals surface area contributed by atoms with Gasteiger partial charge in [-0.1, -0.05) is 164 Å². The molecule has 0 saturated heterocycles. The maximum absolute atomic E-state index is 2.66. The van der Waals surface area contributed by atoms with Crippen LogP contribution in [-0.4, -0.2) is 24.0 Å². The molecule has 0 N–H and O–H groups in total. The second-order valence-corrected chi connectivity index (χ2v) is 10.5. The number of hydrogen-bond donors (Lipinski definition) is 0. The Morgan fingerprint density at radius 1 is 0.475 bits per heavy atom. The van der Waals surface area contributed by atoms with Gasteiger partial charge in [0.05, 0.1) is 0 Å². The molecule has 0 amide bonds. The van der Waals surface area contributed by atoms with Crippen LogP contribution in [0.5, 0.6) is 0 Å². The normalized spacial score (nSPS) is 15.8. The molecular formula is C39H35N. The van der Waals surface area contributed by atoms with Crippen molar-refractivity contribution >= 4 is 11.1 Å². The first-order valence-electron chi connectivity index (χ1n) is 14.3. The molecule has 196 valence electrons. The van der Waals surface area contributed by atoms with Gasteiger partial charge in [0.2, 0.25) is 0 Å². The maximum atomic E-state index is 2.66. The van der Waals surface area contributed by atoms with Crippen LogP contribution in [-0.2, 0) is 0 Å². The summed E-state index contributed by atoms with van der Waals surface area (Å²) in [5.74, 6) is 0.580. The van der Waals surface area contributed by atoms with E-state index < -0.39 is 0 Å². The third-order valence-corrected chi connectivity index (χ3v) is 7.85. The van der Waals surface area contributed by atoms with Crippen LogP contribution in [0.15, 0.2) is 164 Å². The molecule has 40 heavy (non-hydrogen) atoms. The van der Waals surface area contributed by atoms with Crippen molar-refractivity contribution in [3.8, 4) is 0 Å². The van der Waals surface area contributed by atoms with Crippen molar-refractivity contribution in [1.29, 1.82) is 0 Å². The van der Waals surface area contributed by atoms with E-state index in [9.17, 15) is 0 Å². The molecule has 1 heteroatoms. The van der Waals surface area contributed by atoms with Crippen LogP contribution in [0.3, 0.4) is 0 Å². The van der Waals surface area contributed by atoms with E-state index in [0.717, 1.165) is 13.1 Å². The van der Waals surface area contributed by atoms with Crippen LogP contribution in [0, 0.1) is 0 Å². The summed E-state index contributed by atoms with van der Waals surface area (Å²) in [7, 11) is 0. The first-order valence-corrected chi connectivity index (χ1v) is 14.3. The van der Waals surface area contributed by atoms with Crippen LogP contribution < -0.4 is 0 Å². The molecule has 1 saturated carbocycles. The molecule has 0 spiro atoms. The molecular weight excluding hydrogens is 482 g/mol. The van der Waals surface area contributed by atoms with Gasteiger partial charge in [-0.25, -0.2) is 0 Å². The summed E-state index contributed by atoms with van der Waals surface area (Å²) in [5, 5.41) is 0. The van der Waals surface area contributed by atoms with Crippen LogP contribution >= 0.6 is 0 Å². The number of benzene rings is 5. The standard InChI is InChI=1S/C39H35N/c1-6-16-31(17-7-1)36(32-18-8-2-9-19-32)26-28-40(39-30-38(39)35-24-14-5-15-25-35)29-27-37(33-20-10-3-11-21-33)34-22-12-4-13-23-34/h1-27,38-39H,28-30H2/t38-,39?/m0/s1. The fourth-order valence-electron chi connectivity index (χ4n) is 5.68. The van der Waals surface area contributed by atoms with Gasteiger partial charge in [0.15, 0.2) is 0 Å². The Morgan fingerprint density at radius 3 is 1.15 bits per heavy atom. The number of rotatable bonds is 10. The second-order valence-electron chi connectivity index (χ2n) is 10.5. The maximum Gasteiger partial charge on any atom is 0.0178 e. The van der Waals surface area contributed by atoms with Crippen LogP contribution in [0.1, 0.15) is 40.2 Å². The zero-order valence-electron chi connectivity index (χ0n) is 22.8. The smallest absolute Gasteiger partial charge is 0.0178 e. The molecule has 6 rings (SSSR count). The molecule has 1 aliphatic rings. The summed E-state index contributed by atoms with van der Waals surface area (Å²) >= 11 is 0. The lowest BCUT2D eigenvalue weighted by Gasteiger charge is -2.22. The number of hydrogen-bond acceptors (Lipinski definition) is 1. The van der Waals surface area contributed by atoms with Crippen molar-refractivity contribution in [1.82, 2.24) is 4.90 Å². The molecule has 1 aliphatic carbocycles. The average Bonchev–Trinajstić information content (AvgIpc) is 3.84. The van der Waals surface area contributed by atoms with Crippen molar-refractivity contribution in [2.24, 2.45) is 0 Å². The molecule has 1 fully saturated rings. The summed E-state index contributed by atoms with van der Waals surface area (Å²) in [5.41, 5.74) is 9.06. The zero-order valence-corrected chi connectivity index (χ0v) is 22.8. The molecule has 5 aromatic carbocycles. The fraction of sp³-hybridized carbons (Fsp3) is 0.128. The van der Waals surface area contributed by atoms with Crippen LogP contribution in [0.2, 0.25) is 0 Å². The first kappa shape index (κ1) is 25.8. The minimum Gasteiger partial charge on any atom is -0.292 e. The Bertz CT molecular complexity index is 1360. The Kier molecular flexibility index (Phi) is 8.12. The minimum atomic E-state index is 0.524. The lowest BCUT2D eigenvalue weighted by atomic mass is 9.97. The summed E-state index contributed by atoms with van der Waals surface area (Å²) in [6.07, 6.45) is 6.07. The predicted octanol–water partition coefficient (Wildman–Crippen LogP) is 9.11. The van der Waals surface area contributed by atoms with E-state index in [0.29, 0.717) is 12.0 Å². The quantitative estimate of drug-likeness (QED) is 0.179. The third kappa shape index (κ3) is 6.22. The molecule has 5 aromatic rings. The highest BCUT2D eigenvalue weighted by Crippen LogP contribution is 2.45. The summed E-state index contributed by atoms with van der Waals surface area (Å²) < 4.78 is 0. The van der Waals surface area contributed by atoms with Gasteiger partial charge >= 0.3 is 0 Å². The Morgan fingerprint density at radius 2 is 0.800 bits per heavy atom. The average molecular weight is 518 g/mol. The zero-order chi connectivity index (χ0) is 27.0. The van der Waals surface area contributed by atoms with Crippen LogP contribution in [0.25, 0.3) is 11.1 Å². The molecule has 0 bridgehead atoms. The summed E-state index contributed by atoms with van der Waals surface area (Å²) in [6, 6.07) is 54.7. The third-order valence-electron chi connectivity index (χ3n) is 7.85. The lowest BCUT2D eigenvalue weighted by molar-refractivity contribution is 0.319. The minimum absolute atomic E-state index is 0.524. The Labute approximate surface area is 238 Å². The van der Waals surface area contributed by atoms with E-state index in [-0.39, 0.29) is 0 Å². The Hall–Kier alpha value is -4.46. The summed E-state index contributed by atoms with van der Waals surface area (Å²) in [4.78, 5) is 2.66. The SMILES string of the molecule is C(CN(CC=C(c1ccccc1)c1ccccc1)C1C[C@H]1c1ccccc1)=C(c1ccccc1)c1ccccc1. The highest BCUT2D eigenvalue weighted by molar-refractivity contribution is 5.80. The van der Waals surface area contributed by atoms with Crippen molar-refractivity contribution in [3.05, 3.63) is 192 Å². The van der Waals surface area contributed by atoms with Crippen molar-refractivity contribution in [3.63, 3.8) is 0 Å². The van der Waals surface area contributed by atoms with E-state index in [4.69, 9.17) is 0 Å². The van der Waals surface area contributed by atoms with Gasteiger partial charge in [0, 0.05) is 25.0 Å². The molecule has 2 atom stereocenters. The van der Waals surface area contributed by atoms with Crippen molar-refractivity contribution < 1.29 is 0 Å². The molecule has 0 heterocycles. The van der Waals surface area contributed by atoms with Gasteiger partial charge in [-0.05, 0) is 45.4 Å². The molecule has 1 nitrogen and oxygen atoms in total. The van der Waals surface area contributed by atoms with E-state index in [1.54, 1.807) is 0 Å². The van der Waals surface area contributed by atoms with E-state index >= 15 is 0 Å². The van der Waals surface area contributed by atoms with E-state index in [1.165, 1.54) is 45.4 Å². The second kappa shape index (κ2) is 12.6. The predicted molar refractivity (Wildman–Crippen MR) is 169 cm³/mol. The van der Waals surface area contributed by atoms with Crippen molar-refractivity contribution in [2.75, 3.05) is 13.1 Å². The molecule has 0 aromatic heterocycles. The summed E-state index contributed by atoms with van der Waals surface area (Å²) in [6.45, 7) is 1.78. The highest BCUT2D eigenvalue weighted by atomic mass is 15.2. The van der Waals surface area contributed by atoms with Crippen molar-refractivity contribution in [2.45, 2.75) is 18.4 Å². The van der Waals surface area contributed by atoms with Gasteiger partial charge < -0.3 is 0 Å². The van der Waals surface area contributed by atoms with Gasteiger partial charge in [-0.3, -0.25) is 4.90 Å². The fourth-order valence-corrected chi connectivity index (χ4v) is 5.68. The topological polar surface area (TPSA) is 3.24 Å². The molecule has 0 radical (unpaired) electrons. The van der Waals surface area contributed by atoms with Gasteiger partial charge in [-0.15, -0.1) is 0 Å². The monoisotopic (exact) mass is 517 g/mol. The number of nitrogens with zero attached hydrogens (tertiary/aromatic N) is 1. The van der Waals surface area contributed by atoms with E-state index in [2.05, 4.69) is 169 Å². The first-order chi connectivity index (χ1) is 19.9. The van der Waals surface area contributed by atoms with E-state index in [1.807, 2.05) is 0 Å². The van der Waals surface area contributed by atoms with Gasteiger partial charge in [0.1, 0.15) is 0 Å². The molecule has 1 unspecified atom stereocenters. The Balaban J connectivity index is 1.35. The highest BCUT2D eigenvalue weighted by Gasteiger charge is 2.41. The molecule has 0 aliphatic heterocycles. The van der Waals surface area contributed by atoms with Crippen LogP contribution in [0.4, 0.5) is 0 Å². The largest absolute Gasteiger partial charge is 0.292 e.